The summed E-state index contributed by atoms with van der Waals surface area (Å²) in [5.74, 6) is -4.20. The molecule has 10 nitrogen and oxygen atoms in total. The third-order valence-corrected chi connectivity index (χ3v) is 4.79. The van der Waals surface area contributed by atoms with Crippen molar-refractivity contribution in [3.05, 3.63) is 85.1 Å². The highest BCUT2D eigenvalue weighted by atomic mass is 16.4. The summed E-state index contributed by atoms with van der Waals surface area (Å²) in [6.45, 7) is 3.63. The van der Waals surface area contributed by atoms with Gasteiger partial charge in [0.15, 0.2) is 0 Å². The molecule has 0 saturated carbocycles. The van der Waals surface area contributed by atoms with E-state index in [2.05, 4.69) is 10.6 Å². The smallest absolute Gasteiger partial charge is 0.326 e. The number of carbonyl (C=O) groups excluding carboxylic acids is 3. The lowest BCUT2D eigenvalue weighted by atomic mass is 9.99. The third kappa shape index (κ3) is 17.6. The molecule has 0 aliphatic rings. The van der Waals surface area contributed by atoms with Crippen molar-refractivity contribution >= 4 is 29.7 Å². The summed E-state index contributed by atoms with van der Waals surface area (Å²) >= 11 is 0. The first-order valence-corrected chi connectivity index (χ1v) is 11.6. The van der Waals surface area contributed by atoms with Gasteiger partial charge in [0, 0.05) is 18.6 Å². The van der Waals surface area contributed by atoms with Crippen LogP contribution >= 0.6 is 0 Å². The zero-order valence-electron chi connectivity index (χ0n) is 20.9. The standard InChI is InChI=1S/C27H35N3O7/c1-3-20(2)25(27(36)37)30-24(33)17-15-13-11-9-7-5-4-6-8-10-12-14-16-23(32)29-21(26(34)35)18-19-22(28)31/h4-17,20-21,25H,3,18-19H2,1-2H3,(H2,28,31)(H,29,32)(H,30,33)(H,34,35)(H,36,37)/b5-4+,8-6+,9-7+,12-10+,13-11+,16-14+,17-15+/t20-,21-,25-/m0/s1. The highest BCUT2D eigenvalue weighted by Gasteiger charge is 2.24. The SMILES string of the molecule is CC[C@H](C)[C@H](NC(=O)/C=C/C=C/C=C/C=C/C=C/C=C/C=C/C(=O)N[C@@H](CCC(N)=O)C(=O)O)C(=O)O. The van der Waals surface area contributed by atoms with Gasteiger partial charge in [-0.3, -0.25) is 14.4 Å². The summed E-state index contributed by atoms with van der Waals surface area (Å²) in [6.07, 6.45) is 22.9. The molecule has 0 aromatic rings. The number of amides is 3. The van der Waals surface area contributed by atoms with Gasteiger partial charge in [-0.2, -0.15) is 0 Å². The van der Waals surface area contributed by atoms with E-state index in [0.717, 1.165) is 0 Å². The number of carboxylic acids is 2. The molecule has 0 aromatic heterocycles. The van der Waals surface area contributed by atoms with Crippen molar-refractivity contribution in [2.24, 2.45) is 11.7 Å². The second kappa shape index (κ2) is 19.8. The van der Waals surface area contributed by atoms with Crippen molar-refractivity contribution in [1.29, 1.82) is 0 Å². The lowest BCUT2D eigenvalue weighted by Gasteiger charge is -2.19. The Hall–Kier alpha value is -4.47. The maximum absolute atomic E-state index is 11.8. The Balaban J connectivity index is 4.38. The Morgan fingerprint density at radius 3 is 1.46 bits per heavy atom. The largest absolute Gasteiger partial charge is 0.480 e. The Morgan fingerprint density at radius 1 is 0.703 bits per heavy atom. The van der Waals surface area contributed by atoms with Crippen LogP contribution < -0.4 is 16.4 Å². The highest BCUT2D eigenvalue weighted by molar-refractivity contribution is 5.92. The van der Waals surface area contributed by atoms with Gasteiger partial charge < -0.3 is 26.6 Å². The molecule has 0 aromatic carbocycles. The van der Waals surface area contributed by atoms with Crippen LogP contribution in [-0.2, 0) is 24.0 Å². The average Bonchev–Trinajstić information content (AvgIpc) is 2.84. The van der Waals surface area contributed by atoms with Gasteiger partial charge in [-0.1, -0.05) is 93.2 Å². The molecule has 0 radical (unpaired) electrons. The second-order valence-electron chi connectivity index (χ2n) is 7.76. The van der Waals surface area contributed by atoms with Crippen LogP contribution in [0.2, 0.25) is 0 Å². The molecule has 0 fully saturated rings. The van der Waals surface area contributed by atoms with Crippen LogP contribution in [0.1, 0.15) is 33.1 Å². The van der Waals surface area contributed by atoms with Crippen molar-refractivity contribution in [3.8, 4) is 0 Å². The lowest BCUT2D eigenvalue weighted by Crippen LogP contribution is -2.44. The van der Waals surface area contributed by atoms with E-state index in [4.69, 9.17) is 10.8 Å². The van der Waals surface area contributed by atoms with Crippen LogP contribution in [0.5, 0.6) is 0 Å². The average molecular weight is 514 g/mol. The summed E-state index contributed by atoms with van der Waals surface area (Å²) in [5.41, 5.74) is 4.99. The molecule has 0 unspecified atom stereocenters. The van der Waals surface area contributed by atoms with Crippen molar-refractivity contribution in [1.82, 2.24) is 10.6 Å². The molecule has 0 aliphatic carbocycles. The number of carbonyl (C=O) groups is 5. The summed E-state index contributed by atoms with van der Waals surface area (Å²) in [6, 6.07) is -2.12. The monoisotopic (exact) mass is 513 g/mol. The molecule has 0 spiro atoms. The number of hydrogen-bond donors (Lipinski definition) is 5. The fraction of sp³-hybridized carbons (Fsp3) is 0.296. The van der Waals surface area contributed by atoms with E-state index in [1.807, 2.05) is 6.92 Å². The van der Waals surface area contributed by atoms with E-state index in [1.54, 1.807) is 67.7 Å². The number of nitrogens with one attached hydrogen (secondary N) is 2. The minimum absolute atomic E-state index is 0.0826. The number of primary amides is 1. The van der Waals surface area contributed by atoms with E-state index in [9.17, 15) is 29.1 Å². The number of nitrogens with two attached hydrogens (primary N) is 1. The summed E-state index contributed by atoms with van der Waals surface area (Å²) < 4.78 is 0. The molecule has 10 heteroatoms. The van der Waals surface area contributed by atoms with Crippen molar-refractivity contribution in [3.63, 3.8) is 0 Å². The fourth-order valence-electron chi connectivity index (χ4n) is 2.58. The van der Waals surface area contributed by atoms with Crippen molar-refractivity contribution < 1.29 is 34.2 Å². The number of aliphatic carboxylic acids is 2. The molecule has 0 heterocycles. The Kier molecular flexibility index (Phi) is 17.4. The maximum Gasteiger partial charge on any atom is 0.326 e. The van der Waals surface area contributed by atoms with Gasteiger partial charge in [0.25, 0.3) is 0 Å². The van der Waals surface area contributed by atoms with Gasteiger partial charge in [-0.05, 0) is 12.3 Å². The van der Waals surface area contributed by atoms with Crippen LogP contribution in [0.25, 0.3) is 0 Å². The summed E-state index contributed by atoms with van der Waals surface area (Å²) in [7, 11) is 0. The van der Waals surface area contributed by atoms with Crippen LogP contribution in [0, 0.1) is 5.92 Å². The van der Waals surface area contributed by atoms with Crippen LogP contribution in [-0.4, -0.2) is 52.0 Å². The minimum Gasteiger partial charge on any atom is -0.480 e. The molecule has 3 amide bonds. The molecule has 3 atom stereocenters. The van der Waals surface area contributed by atoms with Crippen LogP contribution in [0.3, 0.4) is 0 Å². The van der Waals surface area contributed by atoms with E-state index >= 15 is 0 Å². The van der Waals surface area contributed by atoms with E-state index in [0.29, 0.717) is 6.42 Å². The van der Waals surface area contributed by atoms with E-state index < -0.39 is 41.7 Å². The molecule has 37 heavy (non-hydrogen) atoms. The van der Waals surface area contributed by atoms with Gasteiger partial charge in [0.2, 0.25) is 17.7 Å². The molecule has 0 saturated heterocycles. The first-order valence-electron chi connectivity index (χ1n) is 11.6. The number of allylic oxidation sites excluding steroid dienone is 12. The lowest BCUT2D eigenvalue weighted by molar-refractivity contribution is -0.142. The van der Waals surface area contributed by atoms with Gasteiger partial charge in [0.1, 0.15) is 12.1 Å². The van der Waals surface area contributed by atoms with Gasteiger partial charge >= 0.3 is 11.9 Å². The minimum atomic E-state index is -1.25. The first-order chi connectivity index (χ1) is 17.6. The number of rotatable bonds is 17. The number of hydrogen-bond acceptors (Lipinski definition) is 5. The molecule has 0 aliphatic heterocycles. The number of carboxylic acid groups (broad SMARTS) is 2. The zero-order valence-corrected chi connectivity index (χ0v) is 20.9. The molecule has 6 N–H and O–H groups in total. The molecule has 200 valence electrons. The molecular formula is C27H35N3O7. The topological polar surface area (TPSA) is 176 Å². The third-order valence-electron chi connectivity index (χ3n) is 4.79. The summed E-state index contributed by atoms with van der Waals surface area (Å²) in [5, 5.41) is 23.0. The Bertz CT molecular complexity index is 988. The zero-order chi connectivity index (χ0) is 28.1. The predicted octanol–water partition coefficient (Wildman–Crippen LogP) is 2.33. The fourth-order valence-corrected chi connectivity index (χ4v) is 2.58. The second-order valence-corrected chi connectivity index (χ2v) is 7.76. The van der Waals surface area contributed by atoms with Gasteiger partial charge in [-0.15, -0.1) is 0 Å². The maximum atomic E-state index is 11.8. The van der Waals surface area contributed by atoms with Gasteiger partial charge in [-0.25, -0.2) is 9.59 Å². The van der Waals surface area contributed by atoms with Crippen molar-refractivity contribution in [2.45, 2.75) is 45.2 Å². The van der Waals surface area contributed by atoms with Crippen LogP contribution in [0.15, 0.2) is 85.1 Å². The predicted molar refractivity (Wildman–Crippen MR) is 141 cm³/mol. The Morgan fingerprint density at radius 2 is 1.11 bits per heavy atom. The quantitative estimate of drug-likeness (QED) is 0.146. The van der Waals surface area contributed by atoms with Crippen molar-refractivity contribution in [2.75, 3.05) is 0 Å². The van der Waals surface area contributed by atoms with Gasteiger partial charge in [0.05, 0.1) is 0 Å². The van der Waals surface area contributed by atoms with E-state index in [-0.39, 0.29) is 18.8 Å². The molecule has 0 bridgehead atoms. The highest BCUT2D eigenvalue weighted by Crippen LogP contribution is 2.07. The molecular weight excluding hydrogens is 478 g/mol. The Labute approximate surface area is 216 Å². The first kappa shape index (κ1) is 32.5. The normalized spacial score (nSPS) is 14.9. The van der Waals surface area contributed by atoms with Crippen LogP contribution in [0.4, 0.5) is 0 Å². The van der Waals surface area contributed by atoms with E-state index in [1.165, 1.54) is 24.3 Å². The molecule has 0 rings (SSSR count). The summed E-state index contributed by atoms with van der Waals surface area (Å²) in [4.78, 5) is 56.6.